The number of hydrogen-bond acceptors (Lipinski definition) is 2. The highest BCUT2D eigenvalue weighted by molar-refractivity contribution is 6.53. The molecular weight excluding hydrogens is 314 g/mol. The second-order valence-corrected chi connectivity index (χ2v) is 7.44. The molecule has 0 saturated carbocycles. The predicted octanol–water partition coefficient (Wildman–Crippen LogP) is 5.38. The SMILES string of the molecule is CC1(C)OB(C(F)=CCc2ccc(-c3ccccc3)cc2)OC1(C)C. The third-order valence-corrected chi connectivity index (χ3v) is 5.07. The summed E-state index contributed by atoms with van der Waals surface area (Å²) in [6, 6.07) is 18.4. The van der Waals surface area contributed by atoms with E-state index in [-0.39, 0.29) is 5.73 Å². The van der Waals surface area contributed by atoms with E-state index in [0.717, 1.165) is 11.1 Å². The van der Waals surface area contributed by atoms with Crippen LogP contribution in [0, 0.1) is 0 Å². The first-order valence-corrected chi connectivity index (χ1v) is 8.64. The van der Waals surface area contributed by atoms with Crippen LogP contribution in [0.2, 0.25) is 0 Å². The number of halogens is 1. The van der Waals surface area contributed by atoms with Crippen molar-refractivity contribution in [3.63, 3.8) is 0 Å². The van der Waals surface area contributed by atoms with Gasteiger partial charge in [0.25, 0.3) is 0 Å². The van der Waals surface area contributed by atoms with E-state index in [1.165, 1.54) is 5.56 Å². The maximum absolute atomic E-state index is 14.4. The van der Waals surface area contributed by atoms with Gasteiger partial charge in [0.1, 0.15) is 5.73 Å². The number of benzene rings is 2. The van der Waals surface area contributed by atoms with Crippen LogP contribution in [0.4, 0.5) is 4.39 Å². The fraction of sp³-hybridized carbons (Fsp3) is 0.333. The first kappa shape index (κ1) is 17.9. The molecule has 1 aliphatic heterocycles. The van der Waals surface area contributed by atoms with E-state index in [0.29, 0.717) is 6.42 Å². The van der Waals surface area contributed by atoms with E-state index in [1.807, 2.05) is 58.0 Å². The summed E-state index contributed by atoms with van der Waals surface area (Å²) in [6.45, 7) is 7.68. The van der Waals surface area contributed by atoms with Crippen LogP contribution < -0.4 is 0 Å². The molecule has 1 fully saturated rings. The largest absolute Gasteiger partial charge is 0.524 e. The van der Waals surface area contributed by atoms with Gasteiger partial charge in [-0.1, -0.05) is 60.7 Å². The molecule has 1 saturated heterocycles. The van der Waals surface area contributed by atoms with Crippen molar-refractivity contribution in [2.24, 2.45) is 0 Å². The van der Waals surface area contributed by atoms with Crippen LogP contribution in [-0.4, -0.2) is 18.3 Å². The Kier molecular flexibility index (Phi) is 4.85. The molecule has 130 valence electrons. The Hall–Kier alpha value is -1.91. The lowest BCUT2D eigenvalue weighted by atomic mass is 9.87. The average Bonchev–Trinajstić information content (AvgIpc) is 2.82. The van der Waals surface area contributed by atoms with Crippen molar-refractivity contribution in [2.45, 2.75) is 45.3 Å². The zero-order valence-electron chi connectivity index (χ0n) is 15.3. The summed E-state index contributed by atoms with van der Waals surface area (Å²) < 4.78 is 25.9. The zero-order chi connectivity index (χ0) is 18.1. The molecule has 3 rings (SSSR count). The van der Waals surface area contributed by atoms with Gasteiger partial charge >= 0.3 is 7.12 Å². The Morgan fingerprint density at radius 2 is 1.40 bits per heavy atom. The van der Waals surface area contributed by atoms with Crippen molar-refractivity contribution in [3.05, 3.63) is 72.0 Å². The molecule has 0 aliphatic carbocycles. The molecule has 1 heterocycles. The van der Waals surface area contributed by atoms with Crippen LogP contribution in [0.25, 0.3) is 11.1 Å². The Labute approximate surface area is 149 Å². The van der Waals surface area contributed by atoms with E-state index < -0.39 is 18.3 Å². The summed E-state index contributed by atoms with van der Waals surface area (Å²) in [5, 5.41) is 0. The second kappa shape index (κ2) is 6.78. The molecule has 0 amide bonds. The minimum absolute atomic E-state index is 0.370. The van der Waals surface area contributed by atoms with Crippen molar-refractivity contribution in [1.82, 2.24) is 0 Å². The van der Waals surface area contributed by atoms with Crippen LogP contribution in [-0.2, 0) is 15.7 Å². The van der Waals surface area contributed by atoms with Gasteiger partial charge in [-0.15, -0.1) is 0 Å². The normalized spacial score (nSPS) is 19.2. The molecule has 1 aliphatic rings. The molecule has 0 spiro atoms. The van der Waals surface area contributed by atoms with Gasteiger partial charge in [0.2, 0.25) is 0 Å². The van der Waals surface area contributed by atoms with Crippen LogP contribution in [0.3, 0.4) is 0 Å². The number of allylic oxidation sites excluding steroid dienone is 1. The summed E-state index contributed by atoms with van der Waals surface area (Å²) >= 11 is 0. The van der Waals surface area contributed by atoms with Crippen LogP contribution >= 0.6 is 0 Å². The van der Waals surface area contributed by atoms with Crippen LogP contribution in [0.5, 0.6) is 0 Å². The van der Waals surface area contributed by atoms with E-state index in [9.17, 15) is 4.39 Å². The van der Waals surface area contributed by atoms with Crippen molar-refractivity contribution in [3.8, 4) is 11.1 Å². The molecule has 0 unspecified atom stereocenters. The number of hydrogen-bond donors (Lipinski definition) is 0. The van der Waals surface area contributed by atoms with Crippen LogP contribution in [0.1, 0.15) is 33.3 Å². The van der Waals surface area contributed by atoms with E-state index in [1.54, 1.807) is 6.08 Å². The predicted molar refractivity (Wildman–Crippen MR) is 101 cm³/mol. The molecule has 0 atom stereocenters. The molecule has 2 nitrogen and oxygen atoms in total. The molecule has 25 heavy (non-hydrogen) atoms. The minimum Gasteiger partial charge on any atom is -0.398 e. The highest BCUT2D eigenvalue weighted by Crippen LogP contribution is 2.38. The van der Waals surface area contributed by atoms with Gasteiger partial charge < -0.3 is 9.31 Å². The van der Waals surface area contributed by atoms with Crippen molar-refractivity contribution >= 4 is 7.12 Å². The monoisotopic (exact) mass is 338 g/mol. The maximum Gasteiger partial charge on any atom is 0.524 e. The summed E-state index contributed by atoms with van der Waals surface area (Å²) in [6.07, 6.45) is 2.05. The zero-order valence-corrected chi connectivity index (χ0v) is 15.3. The number of rotatable bonds is 4. The molecular formula is C21H24BFO2. The first-order valence-electron chi connectivity index (χ1n) is 8.64. The van der Waals surface area contributed by atoms with Gasteiger partial charge in [-0.2, -0.15) is 0 Å². The molecule has 0 bridgehead atoms. The summed E-state index contributed by atoms with van der Waals surface area (Å²) in [7, 11) is -0.923. The van der Waals surface area contributed by atoms with E-state index >= 15 is 0 Å². The minimum atomic E-state index is -0.923. The molecule has 4 heteroatoms. The van der Waals surface area contributed by atoms with Gasteiger partial charge in [-0.25, -0.2) is 4.39 Å². The van der Waals surface area contributed by atoms with Gasteiger partial charge in [-0.3, -0.25) is 0 Å². The molecule has 0 N–H and O–H groups in total. The third-order valence-electron chi connectivity index (χ3n) is 5.07. The quantitative estimate of drug-likeness (QED) is 0.697. The Morgan fingerprint density at radius 3 is 1.96 bits per heavy atom. The first-order chi connectivity index (χ1) is 11.8. The fourth-order valence-electron chi connectivity index (χ4n) is 2.73. The van der Waals surface area contributed by atoms with Crippen LogP contribution in [0.15, 0.2) is 66.4 Å². The van der Waals surface area contributed by atoms with E-state index in [4.69, 9.17) is 9.31 Å². The topological polar surface area (TPSA) is 18.5 Å². The Balaban J connectivity index is 1.66. The van der Waals surface area contributed by atoms with Gasteiger partial charge in [0, 0.05) is 0 Å². The van der Waals surface area contributed by atoms with E-state index in [2.05, 4.69) is 24.3 Å². The van der Waals surface area contributed by atoms with Gasteiger partial charge in [0.05, 0.1) is 11.2 Å². The molecule has 0 radical (unpaired) electrons. The van der Waals surface area contributed by atoms with Gasteiger partial charge in [0.15, 0.2) is 0 Å². The lowest BCUT2D eigenvalue weighted by Gasteiger charge is -2.32. The highest BCUT2D eigenvalue weighted by Gasteiger charge is 2.52. The lowest BCUT2D eigenvalue weighted by molar-refractivity contribution is 0.00578. The standard InChI is InChI=1S/C21H24BFO2/c1-20(2)21(3,4)25-22(24-20)19(23)15-12-16-10-13-18(14-11-16)17-8-6-5-7-9-17/h5-11,13-15H,12H2,1-4H3. The van der Waals surface area contributed by atoms with Gasteiger partial charge in [-0.05, 0) is 50.8 Å². The summed E-state index contributed by atoms with van der Waals surface area (Å²) in [5.74, 6) is 0. The van der Waals surface area contributed by atoms with Crippen molar-refractivity contribution in [1.29, 1.82) is 0 Å². The van der Waals surface area contributed by atoms with Crippen molar-refractivity contribution in [2.75, 3.05) is 0 Å². The third kappa shape index (κ3) is 3.86. The maximum atomic E-state index is 14.4. The highest BCUT2D eigenvalue weighted by atomic mass is 19.1. The molecule has 2 aromatic rings. The Morgan fingerprint density at radius 1 is 0.880 bits per heavy atom. The summed E-state index contributed by atoms with van der Waals surface area (Å²) in [5.41, 5.74) is 1.95. The molecule has 0 aromatic heterocycles. The summed E-state index contributed by atoms with van der Waals surface area (Å²) in [4.78, 5) is 0. The fourth-order valence-corrected chi connectivity index (χ4v) is 2.73. The Bertz CT molecular complexity index is 735. The average molecular weight is 338 g/mol. The van der Waals surface area contributed by atoms with Crippen molar-refractivity contribution < 1.29 is 13.7 Å². The second-order valence-electron chi connectivity index (χ2n) is 7.44. The lowest BCUT2D eigenvalue weighted by Crippen LogP contribution is -2.41. The smallest absolute Gasteiger partial charge is 0.398 e. The molecule has 2 aromatic carbocycles.